The van der Waals surface area contributed by atoms with Crippen LogP contribution in [0.2, 0.25) is 0 Å². The van der Waals surface area contributed by atoms with E-state index in [1.165, 1.54) is 0 Å². The Kier molecular flexibility index (Phi) is 16.4. The van der Waals surface area contributed by atoms with E-state index in [1.54, 1.807) is 28.4 Å². The van der Waals surface area contributed by atoms with Crippen LogP contribution in [0.15, 0.2) is 263 Å². The predicted octanol–water partition coefficient (Wildman–Crippen LogP) is 15.2. The number of allylic oxidation sites excluding steroid dienone is 2. The minimum Gasteiger partial charge on any atom is -0.497 e. The molecule has 8 aromatic carbocycles. The van der Waals surface area contributed by atoms with E-state index in [2.05, 4.69) is 72.8 Å². The average molecular weight is 1080 g/mol. The van der Waals surface area contributed by atoms with Gasteiger partial charge in [-0.2, -0.15) is 0 Å². The van der Waals surface area contributed by atoms with E-state index in [0.717, 1.165) is 113 Å². The van der Waals surface area contributed by atoms with E-state index in [-0.39, 0.29) is 19.5 Å². The third-order valence-corrected chi connectivity index (χ3v) is 13.3. The molecule has 0 spiro atoms. The van der Waals surface area contributed by atoms with Crippen molar-refractivity contribution in [3.05, 3.63) is 265 Å². The van der Waals surface area contributed by atoms with Crippen LogP contribution in [0.25, 0.3) is 55.9 Å². The van der Waals surface area contributed by atoms with Crippen LogP contribution in [0.5, 0.6) is 23.0 Å². The molecule has 0 unspecified atom stereocenters. The van der Waals surface area contributed by atoms with Gasteiger partial charge in [0.1, 0.15) is 23.0 Å². The van der Waals surface area contributed by atoms with Gasteiger partial charge >= 0.3 is 19.5 Å². The van der Waals surface area contributed by atoms with Crippen molar-refractivity contribution < 1.29 is 38.4 Å². The standard InChI is InChI=1S/2C34H26N3O2.Zn/c2*1-38-27-17-13-23(14-18-27)29-21-31(25-9-5-3-6-10-25)35-33(29)37-34-30(24-15-19-28(39-2)20-16-24)22-32(36-34)26-11-7-4-8-12-26;/h2*3-22H,1-2H3;/q2*-1;+2/b2*37-33-;. The maximum Gasteiger partial charge on any atom is 2.00 e. The molecule has 2 aliphatic rings. The molecule has 0 saturated carbocycles. The van der Waals surface area contributed by atoms with Gasteiger partial charge in [-0.1, -0.05) is 182 Å². The summed E-state index contributed by atoms with van der Waals surface area (Å²) in [5, 5.41) is 0. The van der Waals surface area contributed by atoms with Gasteiger partial charge in [-0.25, -0.2) is 0 Å². The minimum absolute atomic E-state index is 0. The number of methoxy groups -OCH3 is 4. The Morgan fingerprint density at radius 2 is 0.595 bits per heavy atom. The molecule has 380 valence electrons. The van der Waals surface area contributed by atoms with Crippen molar-refractivity contribution in [2.75, 3.05) is 28.4 Å². The van der Waals surface area contributed by atoms with E-state index in [0.29, 0.717) is 23.3 Å². The molecule has 0 radical (unpaired) electrons. The van der Waals surface area contributed by atoms with Gasteiger partial charge in [0.2, 0.25) is 0 Å². The second-order valence-electron chi connectivity index (χ2n) is 18.1. The molecular formula is C68H52N6O4Zn. The molecule has 0 aliphatic carbocycles. The molecule has 2 aromatic heterocycles. The summed E-state index contributed by atoms with van der Waals surface area (Å²) < 4.78 is 21.5. The number of nitrogens with zero attached hydrogens (tertiary/aromatic N) is 6. The van der Waals surface area contributed by atoms with Crippen LogP contribution < -0.4 is 28.9 Å². The zero-order valence-corrected chi connectivity index (χ0v) is 47.1. The molecule has 10 aromatic rings. The van der Waals surface area contributed by atoms with E-state index in [1.807, 2.05) is 170 Å². The van der Waals surface area contributed by atoms with Crippen LogP contribution in [0.3, 0.4) is 0 Å². The molecule has 0 amide bonds. The maximum atomic E-state index is 5.37. The van der Waals surface area contributed by atoms with Crippen LogP contribution in [0.1, 0.15) is 22.3 Å². The van der Waals surface area contributed by atoms with Crippen LogP contribution >= 0.6 is 0 Å². The van der Waals surface area contributed by atoms with Gasteiger partial charge in [0.05, 0.1) is 51.5 Å². The second kappa shape index (κ2) is 24.5. The normalized spacial score (nSPS) is 13.6. The minimum atomic E-state index is 0. The molecule has 0 fully saturated rings. The van der Waals surface area contributed by atoms with Crippen molar-refractivity contribution >= 4 is 45.9 Å². The number of rotatable bonds is 14. The predicted molar refractivity (Wildman–Crippen MR) is 316 cm³/mol. The summed E-state index contributed by atoms with van der Waals surface area (Å²) in [5.74, 6) is 5.66. The van der Waals surface area contributed by atoms with Crippen molar-refractivity contribution in [2.45, 2.75) is 0 Å². The Bertz CT molecular complexity index is 3630. The van der Waals surface area contributed by atoms with E-state index in [4.69, 9.17) is 48.9 Å². The first-order valence-electron chi connectivity index (χ1n) is 25.4. The number of benzene rings is 8. The van der Waals surface area contributed by atoms with Crippen LogP contribution in [0, 0.1) is 0 Å². The van der Waals surface area contributed by atoms with Crippen molar-refractivity contribution in [3.8, 4) is 67.8 Å². The van der Waals surface area contributed by atoms with Crippen molar-refractivity contribution in [1.29, 1.82) is 0 Å². The summed E-state index contributed by atoms with van der Waals surface area (Å²) in [4.78, 5) is 30.1. The zero-order chi connectivity index (χ0) is 53.2. The van der Waals surface area contributed by atoms with Gasteiger partial charge in [0.15, 0.2) is 0 Å². The molecule has 10 nitrogen and oxygen atoms in total. The number of ether oxygens (including phenoxy) is 4. The molecule has 11 heteroatoms. The zero-order valence-electron chi connectivity index (χ0n) is 44.1. The molecule has 0 atom stereocenters. The fourth-order valence-corrected chi connectivity index (χ4v) is 9.13. The van der Waals surface area contributed by atoms with E-state index < -0.39 is 0 Å². The SMILES string of the molecule is COc1ccc(C2=CC(c3ccccc3)=N/C2=N\c2[n-]c(-c3ccccc3)cc2-c2ccc(OC)cc2)cc1.COc1ccc(C2=CC(c3ccccc3)=N/C2=N\c2[n-]c(-c3ccccc3)cc2-c2ccc(OC)cc2)cc1.[Zn+2]. The molecule has 0 bridgehead atoms. The second-order valence-corrected chi connectivity index (χ2v) is 18.1. The van der Waals surface area contributed by atoms with Crippen molar-refractivity contribution in [2.24, 2.45) is 20.0 Å². The molecule has 12 rings (SSSR count). The average Bonchev–Trinajstić information content (AvgIpc) is 4.43. The third kappa shape index (κ3) is 12.0. The van der Waals surface area contributed by atoms with Gasteiger partial charge in [0.25, 0.3) is 0 Å². The Balaban J connectivity index is 0.000000176. The molecule has 2 aliphatic heterocycles. The topological polar surface area (TPSA) is 115 Å². The Morgan fingerprint density at radius 3 is 0.886 bits per heavy atom. The van der Waals surface area contributed by atoms with Gasteiger partial charge in [-0.05, 0) is 128 Å². The summed E-state index contributed by atoms with van der Waals surface area (Å²) in [7, 11) is 6.66. The molecular weight excluding hydrogens is 1030 g/mol. The van der Waals surface area contributed by atoms with Gasteiger partial charge < -0.3 is 38.9 Å². The van der Waals surface area contributed by atoms with Gasteiger partial charge in [-0.3, -0.25) is 9.98 Å². The Hall–Kier alpha value is -9.70. The molecule has 0 saturated heterocycles. The van der Waals surface area contributed by atoms with Crippen molar-refractivity contribution in [3.63, 3.8) is 0 Å². The number of amidine groups is 2. The van der Waals surface area contributed by atoms with E-state index >= 15 is 0 Å². The van der Waals surface area contributed by atoms with E-state index in [9.17, 15) is 0 Å². The molecule has 4 heterocycles. The first-order chi connectivity index (χ1) is 38.4. The largest absolute Gasteiger partial charge is 2.00 e. The quantitative estimate of drug-likeness (QED) is 0.100. The summed E-state index contributed by atoms with van der Waals surface area (Å²) in [6.07, 6.45) is 4.17. The fraction of sp³-hybridized carbons (Fsp3) is 0.0588. The molecule has 0 N–H and O–H groups in total. The smallest absolute Gasteiger partial charge is 0.497 e. The van der Waals surface area contributed by atoms with Crippen molar-refractivity contribution in [1.82, 2.24) is 9.97 Å². The summed E-state index contributed by atoms with van der Waals surface area (Å²) in [5.41, 5.74) is 15.3. The van der Waals surface area contributed by atoms with Gasteiger partial charge in [-0.15, -0.1) is 0 Å². The van der Waals surface area contributed by atoms with Crippen LogP contribution in [0.4, 0.5) is 11.6 Å². The fourth-order valence-electron chi connectivity index (χ4n) is 9.13. The maximum absolute atomic E-state index is 5.37. The Morgan fingerprint density at radius 1 is 0.316 bits per heavy atom. The monoisotopic (exact) mass is 1080 g/mol. The number of aromatic nitrogens is 2. The first kappa shape index (κ1) is 52.7. The summed E-state index contributed by atoms with van der Waals surface area (Å²) >= 11 is 0. The number of hydrogen-bond acceptors (Lipinski definition) is 6. The molecule has 79 heavy (non-hydrogen) atoms. The number of hydrogen-bond donors (Lipinski definition) is 0. The third-order valence-electron chi connectivity index (χ3n) is 13.3. The van der Waals surface area contributed by atoms with Crippen LogP contribution in [-0.4, -0.2) is 51.5 Å². The summed E-state index contributed by atoms with van der Waals surface area (Å²) in [6.45, 7) is 0. The van der Waals surface area contributed by atoms with Crippen LogP contribution in [-0.2, 0) is 19.5 Å². The Labute approximate surface area is 472 Å². The summed E-state index contributed by atoms with van der Waals surface area (Å²) in [6, 6.07) is 76.6. The number of aliphatic imine (C=N–C) groups is 4. The first-order valence-corrected chi connectivity index (χ1v) is 25.4. The van der Waals surface area contributed by atoms with Gasteiger partial charge in [0, 0.05) is 22.3 Å².